The van der Waals surface area contributed by atoms with Crippen molar-refractivity contribution in [2.75, 3.05) is 18.4 Å². The molecule has 0 radical (unpaired) electrons. The van der Waals surface area contributed by atoms with Gasteiger partial charge in [0.05, 0.1) is 4.92 Å². The van der Waals surface area contributed by atoms with Crippen LogP contribution in [0.5, 0.6) is 0 Å². The Morgan fingerprint density at radius 2 is 2.26 bits per heavy atom. The second kappa shape index (κ2) is 5.64. The molecule has 1 amide bonds. The van der Waals surface area contributed by atoms with Gasteiger partial charge >= 0.3 is 0 Å². The molecular formula is C12H16N4O3. The van der Waals surface area contributed by atoms with Crippen LogP contribution in [-0.2, 0) is 4.79 Å². The summed E-state index contributed by atoms with van der Waals surface area (Å²) in [5.74, 6) is 0.917. The molecule has 0 unspecified atom stereocenters. The van der Waals surface area contributed by atoms with Crippen LogP contribution in [0.3, 0.4) is 0 Å². The van der Waals surface area contributed by atoms with Gasteiger partial charge in [-0.3, -0.25) is 14.9 Å². The van der Waals surface area contributed by atoms with Crippen LogP contribution in [0.1, 0.15) is 18.4 Å². The maximum absolute atomic E-state index is 11.4. The average molecular weight is 264 g/mol. The number of hydrogen-bond acceptors (Lipinski definition) is 5. The van der Waals surface area contributed by atoms with E-state index in [1.165, 1.54) is 12.3 Å². The van der Waals surface area contributed by atoms with Gasteiger partial charge in [0.25, 0.3) is 5.69 Å². The van der Waals surface area contributed by atoms with E-state index in [9.17, 15) is 14.9 Å². The van der Waals surface area contributed by atoms with E-state index in [1.54, 1.807) is 6.92 Å². The summed E-state index contributed by atoms with van der Waals surface area (Å²) in [6.07, 6.45) is 3.20. The zero-order chi connectivity index (χ0) is 13.8. The average Bonchev–Trinajstić information content (AvgIpc) is 3.19. The lowest BCUT2D eigenvalue weighted by Crippen LogP contribution is -2.30. The van der Waals surface area contributed by atoms with Crippen molar-refractivity contribution in [3.05, 3.63) is 27.9 Å². The number of aromatic nitrogens is 1. The molecule has 0 bridgehead atoms. The number of anilines is 1. The van der Waals surface area contributed by atoms with Crippen LogP contribution in [0.4, 0.5) is 11.5 Å². The Balaban J connectivity index is 1.79. The molecule has 2 N–H and O–H groups in total. The van der Waals surface area contributed by atoms with E-state index in [2.05, 4.69) is 15.6 Å². The van der Waals surface area contributed by atoms with Crippen LogP contribution in [0.25, 0.3) is 0 Å². The van der Waals surface area contributed by atoms with Gasteiger partial charge in [-0.15, -0.1) is 0 Å². The van der Waals surface area contributed by atoms with Gasteiger partial charge in [0, 0.05) is 25.1 Å². The summed E-state index contributed by atoms with van der Waals surface area (Å²) in [5, 5.41) is 16.4. The molecule has 0 aromatic carbocycles. The summed E-state index contributed by atoms with van der Waals surface area (Å²) in [6, 6.07) is 1.47. The lowest BCUT2D eigenvalue weighted by atomic mass is 10.2. The predicted octanol–water partition coefficient (Wildman–Crippen LogP) is 1.24. The molecule has 2 rings (SSSR count). The molecule has 7 nitrogen and oxygen atoms in total. The van der Waals surface area contributed by atoms with Crippen molar-refractivity contribution in [1.29, 1.82) is 0 Å². The van der Waals surface area contributed by atoms with Gasteiger partial charge in [0.2, 0.25) is 5.91 Å². The van der Waals surface area contributed by atoms with Crippen LogP contribution in [0, 0.1) is 23.0 Å². The van der Waals surface area contributed by atoms with E-state index in [-0.39, 0.29) is 17.5 Å². The van der Waals surface area contributed by atoms with Crippen molar-refractivity contribution in [1.82, 2.24) is 10.3 Å². The number of nitro groups is 1. The fourth-order valence-electron chi connectivity index (χ4n) is 1.70. The quantitative estimate of drug-likeness (QED) is 0.457. The van der Waals surface area contributed by atoms with E-state index in [0.717, 1.165) is 12.8 Å². The highest BCUT2D eigenvalue weighted by atomic mass is 16.6. The fourth-order valence-corrected chi connectivity index (χ4v) is 1.70. The number of rotatable bonds is 6. The first-order valence-electron chi connectivity index (χ1n) is 6.20. The third-order valence-electron chi connectivity index (χ3n) is 2.94. The lowest BCUT2D eigenvalue weighted by Gasteiger charge is -2.08. The molecule has 0 spiro atoms. The number of nitrogens with zero attached hydrogens (tertiary/aromatic N) is 2. The molecule has 102 valence electrons. The van der Waals surface area contributed by atoms with Crippen molar-refractivity contribution in [2.24, 2.45) is 5.92 Å². The van der Waals surface area contributed by atoms with Crippen LogP contribution >= 0.6 is 0 Å². The molecule has 1 aliphatic carbocycles. The van der Waals surface area contributed by atoms with Gasteiger partial charge in [-0.25, -0.2) is 4.98 Å². The summed E-state index contributed by atoms with van der Waals surface area (Å²) >= 11 is 0. The van der Waals surface area contributed by atoms with E-state index in [4.69, 9.17) is 0 Å². The molecule has 0 atom stereocenters. The largest absolute Gasteiger partial charge is 0.368 e. The minimum atomic E-state index is -0.473. The number of nitrogens with one attached hydrogen (secondary N) is 2. The highest BCUT2D eigenvalue weighted by Crippen LogP contribution is 2.28. The lowest BCUT2D eigenvalue weighted by molar-refractivity contribution is -0.385. The van der Waals surface area contributed by atoms with Crippen LogP contribution < -0.4 is 10.6 Å². The van der Waals surface area contributed by atoms with Crippen molar-refractivity contribution in [2.45, 2.75) is 19.8 Å². The highest BCUT2D eigenvalue weighted by molar-refractivity contribution is 5.80. The topological polar surface area (TPSA) is 97.2 Å². The van der Waals surface area contributed by atoms with Crippen molar-refractivity contribution in [3.63, 3.8) is 0 Å². The normalized spacial score (nSPS) is 13.9. The third kappa shape index (κ3) is 3.64. The summed E-state index contributed by atoms with van der Waals surface area (Å²) in [7, 11) is 0. The minimum absolute atomic E-state index is 0.0231. The Morgan fingerprint density at radius 1 is 1.53 bits per heavy atom. The molecule has 1 fully saturated rings. The van der Waals surface area contributed by atoms with Gasteiger partial charge in [0.1, 0.15) is 12.0 Å². The SMILES string of the molecule is Cc1cc([N+](=O)[O-])cnc1NCCNC(=O)C1CC1. The second-order valence-electron chi connectivity index (χ2n) is 4.61. The number of carbonyl (C=O) groups excluding carboxylic acids is 1. The van der Waals surface area contributed by atoms with Crippen LogP contribution in [0.2, 0.25) is 0 Å². The fraction of sp³-hybridized carbons (Fsp3) is 0.500. The summed E-state index contributed by atoms with van der Waals surface area (Å²) < 4.78 is 0. The standard InChI is InChI=1S/C12H16N4O3/c1-8-6-10(16(18)19)7-15-11(8)13-4-5-14-12(17)9-2-3-9/h6-7,9H,2-5H2,1H3,(H,13,15)(H,14,17). The predicted molar refractivity (Wildman–Crippen MR) is 69.9 cm³/mol. The van der Waals surface area contributed by atoms with Crippen LogP contribution in [-0.4, -0.2) is 28.9 Å². The molecule has 1 aromatic heterocycles. The minimum Gasteiger partial charge on any atom is -0.368 e. The summed E-state index contributed by atoms with van der Waals surface area (Å²) in [6.45, 7) is 2.82. The number of aryl methyl sites for hydroxylation is 1. The molecular weight excluding hydrogens is 248 g/mol. The second-order valence-corrected chi connectivity index (χ2v) is 4.61. The molecule has 1 saturated carbocycles. The van der Waals surface area contributed by atoms with Crippen molar-refractivity contribution in [3.8, 4) is 0 Å². The maximum Gasteiger partial charge on any atom is 0.287 e. The molecule has 1 aromatic rings. The first-order chi connectivity index (χ1) is 9.08. The van der Waals surface area contributed by atoms with Crippen molar-refractivity contribution >= 4 is 17.4 Å². The maximum atomic E-state index is 11.4. The summed E-state index contributed by atoms with van der Waals surface area (Å²) in [4.78, 5) is 25.5. The number of carbonyl (C=O) groups is 1. The smallest absolute Gasteiger partial charge is 0.287 e. The van der Waals surface area contributed by atoms with Gasteiger partial charge < -0.3 is 10.6 Å². The van der Waals surface area contributed by atoms with E-state index < -0.39 is 4.92 Å². The molecule has 7 heteroatoms. The van der Waals surface area contributed by atoms with Crippen molar-refractivity contribution < 1.29 is 9.72 Å². The van der Waals surface area contributed by atoms with Crippen LogP contribution in [0.15, 0.2) is 12.3 Å². The van der Waals surface area contributed by atoms with E-state index in [0.29, 0.717) is 24.5 Å². The Kier molecular flexibility index (Phi) is 3.94. The Bertz CT molecular complexity index is 500. The van der Waals surface area contributed by atoms with Gasteiger partial charge in [-0.1, -0.05) is 0 Å². The molecule has 1 heterocycles. The highest BCUT2D eigenvalue weighted by Gasteiger charge is 2.28. The first kappa shape index (κ1) is 13.3. The van der Waals surface area contributed by atoms with E-state index in [1.807, 2.05) is 0 Å². The zero-order valence-electron chi connectivity index (χ0n) is 10.7. The number of pyridine rings is 1. The Labute approximate surface area is 110 Å². The number of amides is 1. The number of hydrogen-bond donors (Lipinski definition) is 2. The molecule has 0 saturated heterocycles. The van der Waals surface area contributed by atoms with Gasteiger partial charge in [-0.2, -0.15) is 0 Å². The molecule has 0 aliphatic heterocycles. The third-order valence-corrected chi connectivity index (χ3v) is 2.94. The van der Waals surface area contributed by atoms with Gasteiger partial charge in [-0.05, 0) is 25.3 Å². The molecule has 19 heavy (non-hydrogen) atoms. The Morgan fingerprint density at radius 3 is 2.84 bits per heavy atom. The Hall–Kier alpha value is -2.18. The summed E-state index contributed by atoms with van der Waals surface area (Å²) in [5.41, 5.74) is 0.688. The van der Waals surface area contributed by atoms with E-state index >= 15 is 0 Å². The first-order valence-corrected chi connectivity index (χ1v) is 6.20. The monoisotopic (exact) mass is 264 g/mol. The zero-order valence-corrected chi connectivity index (χ0v) is 10.7. The van der Waals surface area contributed by atoms with Gasteiger partial charge in [0.15, 0.2) is 0 Å². The molecule has 1 aliphatic rings.